The van der Waals surface area contributed by atoms with Crippen molar-refractivity contribution in [3.63, 3.8) is 0 Å². The van der Waals surface area contributed by atoms with Crippen molar-refractivity contribution < 1.29 is 9.53 Å². The molecule has 0 N–H and O–H groups in total. The number of carbonyl (C=O) groups excluding carboxylic acids is 1. The molecule has 1 saturated heterocycles. The average Bonchev–Trinajstić information content (AvgIpc) is 2.72. The highest BCUT2D eigenvalue weighted by Gasteiger charge is 2.25. The fourth-order valence-electron chi connectivity index (χ4n) is 2.72. The van der Waals surface area contributed by atoms with Gasteiger partial charge in [-0.25, -0.2) is 4.79 Å². The van der Waals surface area contributed by atoms with E-state index >= 15 is 0 Å². The third-order valence-electron chi connectivity index (χ3n) is 4.57. The van der Waals surface area contributed by atoms with E-state index in [1.165, 1.54) is 17.1 Å². The van der Waals surface area contributed by atoms with Crippen molar-refractivity contribution in [3.05, 3.63) is 71.3 Å². The zero-order chi connectivity index (χ0) is 19.1. The first-order valence-electron chi connectivity index (χ1n) is 9.17. The quantitative estimate of drug-likeness (QED) is 0.493. The highest BCUT2D eigenvalue weighted by molar-refractivity contribution is 8.16. The third-order valence-corrected chi connectivity index (χ3v) is 7.77. The van der Waals surface area contributed by atoms with Crippen LogP contribution in [0.25, 0.3) is 0 Å². The van der Waals surface area contributed by atoms with Crippen LogP contribution in [0.3, 0.4) is 0 Å². The Balaban J connectivity index is 1.49. The largest absolute Gasteiger partial charge is 0.449 e. The monoisotopic (exact) mass is 396 g/mol. The first-order chi connectivity index (χ1) is 13.1. The van der Waals surface area contributed by atoms with Gasteiger partial charge in [0.05, 0.1) is 10.1 Å². The molecule has 0 aromatic heterocycles. The van der Waals surface area contributed by atoms with E-state index in [2.05, 4.69) is 73.5 Å². The molecule has 0 aliphatic carbocycles. The zero-order valence-electron chi connectivity index (χ0n) is 15.7. The van der Waals surface area contributed by atoms with Crippen molar-refractivity contribution in [3.8, 4) is 11.8 Å². The average molecular weight is 397 g/mol. The fourth-order valence-corrected chi connectivity index (χ4v) is 6.27. The summed E-state index contributed by atoms with van der Waals surface area (Å²) in [6, 6.07) is 17.4. The molecule has 1 heterocycles. The summed E-state index contributed by atoms with van der Waals surface area (Å²) >= 11 is 4.10. The Labute approximate surface area is 170 Å². The zero-order valence-corrected chi connectivity index (χ0v) is 17.3. The Morgan fingerprint density at radius 3 is 2.37 bits per heavy atom. The molecule has 0 radical (unpaired) electrons. The van der Waals surface area contributed by atoms with E-state index < -0.39 is 0 Å². The summed E-state index contributed by atoms with van der Waals surface area (Å²) in [4.78, 5) is 11.8. The number of hydrogen-bond donors (Lipinski definition) is 0. The van der Waals surface area contributed by atoms with Crippen LogP contribution < -0.4 is 0 Å². The second-order valence-corrected chi connectivity index (χ2v) is 9.44. The predicted molar refractivity (Wildman–Crippen MR) is 116 cm³/mol. The lowest BCUT2D eigenvalue weighted by molar-refractivity contribution is 0.0556. The molecule has 4 heteroatoms. The number of esters is 1. The minimum atomic E-state index is -0.341. The molecule has 0 atom stereocenters. The lowest BCUT2D eigenvalue weighted by Crippen LogP contribution is -2.19. The Morgan fingerprint density at radius 1 is 1.07 bits per heavy atom. The van der Waals surface area contributed by atoms with Crippen molar-refractivity contribution in [2.75, 3.05) is 18.1 Å². The maximum Gasteiger partial charge on any atom is 0.339 e. The van der Waals surface area contributed by atoms with Crippen LogP contribution in [0.15, 0.2) is 54.6 Å². The van der Waals surface area contributed by atoms with E-state index in [1.54, 1.807) is 12.1 Å². The SMILES string of the molecule is CC(C)C1CSC(c2ccc(C#CCOC(=O)c3ccccc3)cc2)SC1. The summed E-state index contributed by atoms with van der Waals surface area (Å²) < 4.78 is 5.70. The van der Waals surface area contributed by atoms with Gasteiger partial charge in [-0.2, -0.15) is 0 Å². The van der Waals surface area contributed by atoms with Gasteiger partial charge in [0.15, 0.2) is 6.61 Å². The van der Waals surface area contributed by atoms with Crippen LogP contribution in [0.4, 0.5) is 0 Å². The number of benzene rings is 2. The molecule has 2 nitrogen and oxygen atoms in total. The van der Waals surface area contributed by atoms with Crippen LogP contribution in [0.2, 0.25) is 0 Å². The first-order valence-corrected chi connectivity index (χ1v) is 11.3. The molecule has 0 spiro atoms. The number of carbonyl (C=O) groups is 1. The molecule has 0 unspecified atom stereocenters. The molecule has 2 aromatic carbocycles. The van der Waals surface area contributed by atoms with Crippen molar-refractivity contribution in [1.82, 2.24) is 0 Å². The second-order valence-electron chi connectivity index (χ2n) is 6.87. The molecular formula is C23H24O2S2. The van der Waals surface area contributed by atoms with Gasteiger partial charge in [-0.15, -0.1) is 23.5 Å². The molecule has 1 aliphatic heterocycles. The molecule has 0 saturated carbocycles. The van der Waals surface area contributed by atoms with Crippen LogP contribution in [0, 0.1) is 23.7 Å². The van der Waals surface area contributed by atoms with E-state index in [0.29, 0.717) is 10.1 Å². The van der Waals surface area contributed by atoms with Crippen molar-refractivity contribution in [1.29, 1.82) is 0 Å². The van der Waals surface area contributed by atoms with Gasteiger partial charge < -0.3 is 4.74 Å². The van der Waals surface area contributed by atoms with Crippen LogP contribution in [-0.2, 0) is 4.74 Å². The van der Waals surface area contributed by atoms with Gasteiger partial charge in [-0.3, -0.25) is 0 Å². The van der Waals surface area contributed by atoms with Crippen LogP contribution in [0.1, 0.15) is 39.9 Å². The molecule has 0 amide bonds. The van der Waals surface area contributed by atoms with Crippen molar-refractivity contribution >= 4 is 29.5 Å². The maximum absolute atomic E-state index is 11.8. The van der Waals surface area contributed by atoms with Crippen LogP contribution in [0.5, 0.6) is 0 Å². The lowest BCUT2D eigenvalue weighted by atomic mass is 10.0. The summed E-state index contributed by atoms with van der Waals surface area (Å²) in [6.07, 6.45) is 0. The summed E-state index contributed by atoms with van der Waals surface area (Å²) in [5, 5.41) is 0. The number of hydrogen-bond acceptors (Lipinski definition) is 4. The minimum absolute atomic E-state index is 0.0976. The van der Waals surface area contributed by atoms with Gasteiger partial charge in [-0.05, 0) is 53.2 Å². The van der Waals surface area contributed by atoms with E-state index in [-0.39, 0.29) is 12.6 Å². The predicted octanol–water partition coefficient (Wildman–Crippen LogP) is 5.65. The Bertz CT molecular complexity index is 796. The Kier molecular flexibility index (Phi) is 7.32. The van der Waals surface area contributed by atoms with E-state index in [9.17, 15) is 4.79 Å². The lowest BCUT2D eigenvalue weighted by Gasteiger charge is -2.30. The van der Waals surface area contributed by atoms with Crippen molar-refractivity contribution in [2.24, 2.45) is 11.8 Å². The van der Waals surface area contributed by atoms with Gasteiger partial charge in [0.2, 0.25) is 0 Å². The van der Waals surface area contributed by atoms with Gasteiger partial charge in [0, 0.05) is 5.56 Å². The fraction of sp³-hybridized carbons (Fsp3) is 0.348. The second kappa shape index (κ2) is 9.92. The standard InChI is InChI=1S/C23H24O2S2/c1-17(2)21-15-26-23(27-16-21)20-12-10-18(11-13-20)7-6-14-25-22(24)19-8-4-3-5-9-19/h3-5,8-13,17,21,23H,14-16H2,1-2H3. The minimum Gasteiger partial charge on any atom is -0.449 e. The Morgan fingerprint density at radius 2 is 1.74 bits per heavy atom. The van der Waals surface area contributed by atoms with E-state index in [4.69, 9.17) is 4.74 Å². The normalized spacial score (nSPS) is 19.2. The molecule has 140 valence electrons. The summed E-state index contributed by atoms with van der Waals surface area (Å²) in [7, 11) is 0. The van der Waals surface area contributed by atoms with Gasteiger partial charge >= 0.3 is 5.97 Å². The Hall–Kier alpha value is -1.83. The molecule has 3 rings (SSSR count). The van der Waals surface area contributed by atoms with Gasteiger partial charge in [-0.1, -0.05) is 56.0 Å². The van der Waals surface area contributed by atoms with Crippen LogP contribution in [-0.4, -0.2) is 24.1 Å². The molecule has 0 bridgehead atoms. The first kappa shape index (κ1) is 19.9. The van der Waals surface area contributed by atoms with E-state index in [1.807, 2.05) is 18.2 Å². The summed E-state index contributed by atoms with van der Waals surface area (Å²) in [6.45, 7) is 4.73. The topological polar surface area (TPSA) is 26.3 Å². The number of thioether (sulfide) groups is 2. The van der Waals surface area contributed by atoms with Crippen LogP contribution >= 0.6 is 23.5 Å². The molecule has 2 aromatic rings. The summed E-state index contributed by atoms with van der Waals surface area (Å²) in [5.74, 6) is 9.70. The van der Waals surface area contributed by atoms with E-state index in [0.717, 1.165) is 17.4 Å². The highest BCUT2D eigenvalue weighted by atomic mass is 32.2. The molecule has 1 fully saturated rings. The summed E-state index contributed by atoms with van der Waals surface area (Å²) in [5.41, 5.74) is 2.85. The third kappa shape index (κ3) is 5.82. The smallest absolute Gasteiger partial charge is 0.339 e. The van der Waals surface area contributed by atoms with Crippen molar-refractivity contribution in [2.45, 2.75) is 18.4 Å². The maximum atomic E-state index is 11.8. The molecule has 1 aliphatic rings. The number of ether oxygens (including phenoxy) is 1. The van der Waals surface area contributed by atoms with Gasteiger partial charge in [0.25, 0.3) is 0 Å². The number of rotatable bonds is 4. The highest BCUT2D eigenvalue weighted by Crippen LogP contribution is 2.46. The molecule has 27 heavy (non-hydrogen) atoms. The molecular weight excluding hydrogens is 372 g/mol. The van der Waals surface area contributed by atoms with Gasteiger partial charge in [0.1, 0.15) is 0 Å².